The fraction of sp³-hybridized carbons (Fsp3) is 0.375. The van der Waals surface area contributed by atoms with Gasteiger partial charge in [-0.15, -0.1) is 0 Å². The average molecular weight is 311 g/mol. The van der Waals surface area contributed by atoms with E-state index in [2.05, 4.69) is 26.2 Å². The van der Waals surface area contributed by atoms with Gasteiger partial charge in [0.05, 0.1) is 18.0 Å². The van der Waals surface area contributed by atoms with Gasteiger partial charge in [-0.3, -0.25) is 10.1 Å². The molecule has 0 radical (unpaired) electrons. The van der Waals surface area contributed by atoms with E-state index < -0.39 is 23.9 Å². The maximum absolute atomic E-state index is 12.9. The summed E-state index contributed by atoms with van der Waals surface area (Å²) in [4.78, 5) is 13.6. The Bertz CT molecular complexity index is 430. The molecule has 0 aliphatic heterocycles. The van der Waals surface area contributed by atoms with Crippen LogP contribution in [0.4, 0.5) is 20.3 Å². The fourth-order valence-corrected chi connectivity index (χ4v) is 1.31. The number of hydrogen-bond donors (Lipinski definition) is 2. The van der Waals surface area contributed by atoms with Crippen molar-refractivity contribution in [2.24, 2.45) is 5.73 Å². The van der Waals surface area contributed by atoms with Gasteiger partial charge in [0.15, 0.2) is 0 Å². The van der Waals surface area contributed by atoms with Gasteiger partial charge in [-0.1, -0.05) is 0 Å². The standard InChI is InChI=1S/C8H9BrF2N4O2/c9-5-1-6(15(16)17)7(13-2-5)14-4-8(10,11)3-12/h1-2H,3-4,12H2,(H,13,14). The Morgan fingerprint density at radius 1 is 1.65 bits per heavy atom. The monoisotopic (exact) mass is 310 g/mol. The quantitative estimate of drug-likeness (QED) is 0.638. The van der Waals surface area contributed by atoms with Crippen LogP contribution >= 0.6 is 15.9 Å². The largest absolute Gasteiger partial charge is 0.358 e. The molecular weight excluding hydrogens is 302 g/mol. The number of anilines is 1. The number of alkyl halides is 2. The zero-order chi connectivity index (χ0) is 13.1. The van der Waals surface area contributed by atoms with E-state index in [4.69, 9.17) is 5.73 Å². The Morgan fingerprint density at radius 2 is 2.29 bits per heavy atom. The number of nitrogens with one attached hydrogen (secondary N) is 1. The number of hydrogen-bond acceptors (Lipinski definition) is 5. The third-order valence-electron chi connectivity index (χ3n) is 1.84. The van der Waals surface area contributed by atoms with Crippen LogP contribution in [0.15, 0.2) is 16.7 Å². The number of halogens is 3. The van der Waals surface area contributed by atoms with E-state index in [1.807, 2.05) is 0 Å². The first-order chi connectivity index (χ1) is 7.85. The molecule has 17 heavy (non-hydrogen) atoms. The zero-order valence-electron chi connectivity index (χ0n) is 8.49. The van der Waals surface area contributed by atoms with Crippen molar-refractivity contribution in [1.29, 1.82) is 0 Å². The molecule has 0 aromatic carbocycles. The summed E-state index contributed by atoms with van der Waals surface area (Å²) in [5, 5.41) is 12.9. The van der Waals surface area contributed by atoms with E-state index in [0.29, 0.717) is 4.47 Å². The highest BCUT2D eigenvalue weighted by molar-refractivity contribution is 9.10. The summed E-state index contributed by atoms with van der Waals surface area (Å²) in [6.45, 7) is -1.65. The molecule has 0 amide bonds. The lowest BCUT2D eigenvalue weighted by Crippen LogP contribution is -2.35. The van der Waals surface area contributed by atoms with Crippen molar-refractivity contribution in [2.45, 2.75) is 5.92 Å². The summed E-state index contributed by atoms with van der Waals surface area (Å²) < 4.78 is 26.1. The van der Waals surface area contributed by atoms with E-state index in [9.17, 15) is 18.9 Å². The third-order valence-corrected chi connectivity index (χ3v) is 2.28. The van der Waals surface area contributed by atoms with Crippen LogP contribution in [0.3, 0.4) is 0 Å². The Kier molecular flexibility index (Phi) is 4.29. The lowest BCUT2D eigenvalue weighted by molar-refractivity contribution is -0.384. The summed E-state index contributed by atoms with van der Waals surface area (Å²) in [7, 11) is 0. The van der Waals surface area contributed by atoms with Crippen LogP contribution in [-0.4, -0.2) is 28.9 Å². The van der Waals surface area contributed by atoms with Gasteiger partial charge in [-0.05, 0) is 15.9 Å². The molecule has 6 nitrogen and oxygen atoms in total. The van der Waals surface area contributed by atoms with Crippen LogP contribution in [0, 0.1) is 10.1 Å². The van der Waals surface area contributed by atoms with Crippen molar-refractivity contribution in [3.63, 3.8) is 0 Å². The molecule has 0 aliphatic rings. The molecule has 9 heteroatoms. The predicted molar refractivity (Wildman–Crippen MR) is 61.1 cm³/mol. The molecule has 0 spiro atoms. The van der Waals surface area contributed by atoms with Gasteiger partial charge in [0.25, 0.3) is 5.92 Å². The molecule has 0 aliphatic carbocycles. The van der Waals surface area contributed by atoms with E-state index in [1.54, 1.807) is 0 Å². The SMILES string of the molecule is NCC(F)(F)CNc1ncc(Br)cc1[N+](=O)[O-]. The maximum Gasteiger partial charge on any atom is 0.312 e. The molecule has 1 aromatic heterocycles. The Morgan fingerprint density at radius 3 is 2.82 bits per heavy atom. The molecule has 94 valence electrons. The first-order valence-electron chi connectivity index (χ1n) is 4.47. The van der Waals surface area contributed by atoms with Crippen LogP contribution in [0.2, 0.25) is 0 Å². The summed E-state index contributed by atoms with van der Waals surface area (Å²) in [6.07, 6.45) is 1.27. The number of nitro groups is 1. The first kappa shape index (κ1) is 13.7. The smallest absolute Gasteiger partial charge is 0.312 e. The predicted octanol–water partition coefficient (Wildman–Crippen LogP) is 1.76. The van der Waals surface area contributed by atoms with Crippen molar-refractivity contribution >= 4 is 27.4 Å². The van der Waals surface area contributed by atoms with E-state index in [0.717, 1.165) is 0 Å². The Hall–Kier alpha value is -1.35. The highest BCUT2D eigenvalue weighted by Gasteiger charge is 2.28. The minimum Gasteiger partial charge on any atom is -0.358 e. The van der Waals surface area contributed by atoms with Crippen molar-refractivity contribution in [1.82, 2.24) is 4.98 Å². The maximum atomic E-state index is 12.9. The van der Waals surface area contributed by atoms with Crippen LogP contribution in [0.5, 0.6) is 0 Å². The van der Waals surface area contributed by atoms with Gasteiger partial charge in [-0.2, -0.15) is 0 Å². The molecule has 1 aromatic rings. The summed E-state index contributed by atoms with van der Waals surface area (Å²) >= 11 is 3.01. The van der Waals surface area contributed by atoms with Crippen molar-refractivity contribution in [3.05, 3.63) is 26.9 Å². The van der Waals surface area contributed by atoms with Crippen molar-refractivity contribution < 1.29 is 13.7 Å². The normalized spacial score (nSPS) is 11.3. The minimum absolute atomic E-state index is 0.216. The minimum atomic E-state index is -3.14. The highest BCUT2D eigenvalue weighted by Crippen LogP contribution is 2.26. The van der Waals surface area contributed by atoms with Crippen LogP contribution in [-0.2, 0) is 0 Å². The molecule has 3 N–H and O–H groups in total. The third kappa shape index (κ3) is 3.86. The number of pyridine rings is 1. The van der Waals surface area contributed by atoms with Gasteiger partial charge in [-0.25, -0.2) is 13.8 Å². The first-order valence-corrected chi connectivity index (χ1v) is 5.27. The molecular formula is C8H9BrF2N4O2. The fourth-order valence-electron chi connectivity index (χ4n) is 0.989. The van der Waals surface area contributed by atoms with Crippen LogP contribution in [0.1, 0.15) is 0 Å². The molecule has 0 bridgehead atoms. The Labute approximate surface area is 103 Å². The van der Waals surface area contributed by atoms with E-state index >= 15 is 0 Å². The zero-order valence-corrected chi connectivity index (χ0v) is 10.1. The van der Waals surface area contributed by atoms with E-state index in [1.165, 1.54) is 12.3 Å². The number of rotatable bonds is 5. The lowest BCUT2D eigenvalue weighted by atomic mass is 10.3. The molecule has 1 rings (SSSR count). The second kappa shape index (κ2) is 5.32. The molecule has 1 heterocycles. The second-order valence-electron chi connectivity index (χ2n) is 3.19. The molecule has 0 fully saturated rings. The summed E-state index contributed by atoms with van der Waals surface area (Å²) in [6, 6.07) is 1.18. The van der Waals surface area contributed by atoms with Gasteiger partial charge in [0.1, 0.15) is 0 Å². The van der Waals surface area contributed by atoms with Gasteiger partial charge < -0.3 is 11.1 Å². The van der Waals surface area contributed by atoms with Gasteiger partial charge >= 0.3 is 5.69 Å². The van der Waals surface area contributed by atoms with Crippen molar-refractivity contribution in [3.8, 4) is 0 Å². The van der Waals surface area contributed by atoms with Crippen LogP contribution < -0.4 is 11.1 Å². The van der Waals surface area contributed by atoms with Gasteiger partial charge in [0.2, 0.25) is 5.82 Å². The molecule has 0 saturated carbocycles. The average Bonchev–Trinajstić information content (AvgIpc) is 2.27. The van der Waals surface area contributed by atoms with Gasteiger partial charge in [0, 0.05) is 16.7 Å². The van der Waals surface area contributed by atoms with Crippen molar-refractivity contribution in [2.75, 3.05) is 18.4 Å². The topological polar surface area (TPSA) is 94.1 Å². The number of aromatic nitrogens is 1. The molecule has 0 unspecified atom stereocenters. The highest BCUT2D eigenvalue weighted by atomic mass is 79.9. The molecule has 0 saturated heterocycles. The number of nitrogens with zero attached hydrogens (tertiary/aromatic N) is 2. The van der Waals surface area contributed by atoms with E-state index in [-0.39, 0.29) is 11.5 Å². The lowest BCUT2D eigenvalue weighted by Gasteiger charge is -2.14. The second-order valence-corrected chi connectivity index (χ2v) is 4.11. The molecule has 0 atom stereocenters. The van der Waals surface area contributed by atoms with Crippen LogP contribution in [0.25, 0.3) is 0 Å². The summed E-state index contributed by atoms with van der Waals surface area (Å²) in [5.41, 5.74) is 4.46. The number of nitrogens with two attached hydrogens (primary N) is 1. The Balaban J connectivity index is 2.88. The summed E-state index contributed by atoms with van der Waals surface area (Å²) in [5.74, 6) is -3.35.